The van der Waals surface area contributed by atoms with Crippen molar-refractivity contribution >= 4 is 23.7 Å². The number of urea groups is 1. The molecule has 1 fully saturated rings. The Hall–Kier alpha value is -3.14. The molecule has 5 rings (SSSR count). The number of hydrogen-bond donors (Lipinski definition) is 1. The van der Waals surface area contributed by atoms with Gasteiger partial charge in [-0.25, -0.2) is 9.78 Å². The molecule has 1 saturated heterocycles. The van der Waals surface area contributed by atoms with Crippen LogP contribution in [-0.4, -0.2) is 55.0 Å². The number of nitrogens with zero attached hydrogens (tertiary/aromatic N) is 5. The summed E-state index contributed by atoms with van der Waals surface area (Å²) in [7, 11) is 0. The molecule has 9 nitrogen and oxygen atoms in total. The van der Waals surface area contributed by atoms with Gasteiger partial charge in [0.05, 0.1) is 12.2 Å². The van der Waals surface area contributed by atoms with Crippen LogP contribution >= 0.6 is 11.8 Å². The zero-order valence-corrected chi connectivity index (χ0v) is 18.4. The molecule has 32 heavy (non-hydrogen) atoms. The Balaban J connectivity index is 1.44. The number of nitrogens with one attached hydrogen (secondary N) is 1. The van der Waals surface area contributed by atoms with E-state index in [1.165, 1.54) is 9.58 Å². The number of thioether (sulfide) groups is 1. The average molecular weight is 453 g/mol. The molecule has 10 heteroatoms. The summed E-state index contributed by atoms with van der Waals surface area (Å²) in [5.41, 5.74) is 2.22. The molecule has 1 aromatic rings. The van der Waals surface area contributed by atoms with E-state index in [1.54, 1.807) is 11.8 Å². The minimum Gasteiger partial charge on any atom is -0.329 e. The molecular formula is C22H24N6O3S. The molecule has 3 amide bonds. The van der Waals surface area contributed by atoms with Crippen molar-refractivity contribution < 1.29 is 9.59 Å². The summed E-state index contributed by atoms with van der Waals surface area (Å²) >= 11 is 1.59. The van der Waals surface area contributed by atoms with E-state index < -0.39 is 0 Å². The molecular weight excluding hydrogens is 428 g/mol. The second-order valence-corrected chi connectivity index (χ2v) is 9.02. The zero-order valence-electron chi connectivity index (χ0n) is 17.6. The van der Waals surface area contributed by atoms with Gasteiger partial charge in [0.1, 0.15) is 5.56 Å². The van der Waals surface area contributed by atoms with Crippen LogP contribution in [0.1, 0.15) is 31.4 Å². The fraction of sp³-hybridized carbons (Fsp3) is 0.409. The predicted molar refractivity (Wildman–Crippen MR) is 120 cm³/mol. The number of para-hydroxylation sites is 1. The van der Waals surface area contributed by atoms with Crippen LogP contribution in [0, 0.1) is 0 Å². The maximum atomic E-state index is 13.3. The Morgan fingerprint density at radius 2 is 1.91 bits per heavy atom. The van der Waals surface area contributed by atoms with Crippen molar-refractivity contribution in [1.29, 1.82) is 0 Å². The van der Waals surface area contributed by atoms with Gasteiger partial charge < -0.3 is 9.88 Å². The van der Waals surface area contributed by atoms with Gasteiger partial charge in [0, 0.05) is 24.5 Å². The maximum absolute atomic E-state index is 13.3. The molecule has 4 aliphatic rings. The first-order valence-corrected chi connectivity index (χ1v) is 11.9. The highest BCUT2D eigenvalue weighted by atomic mass is 32.2. The lowest BCUT2D eigenvalue weighted by atomic mass is 10.1. The maximum Gasteiger partial charge on any atom is 0.324 e. The molecule has 0 atom stereocenters. The number of carbonyl (C=O) groups excluding carboxylic acids is 2. The Bertz CT molecular complexity index is 1170. The van der Waals surface area contributed by atoms with E-state index in [2.05, 4.69) is 15.0 Å². The summed E-state index contributed by atoms with van der Waals surface area (Å²) in [6.45, 7) is 1.29. The third-order valence-corrected chi connectivity index (χ3v) is 6.92. The summed E-state index contributed by atoms with van der Waals surface area (Å²) in [6.07, 6.45) is 4.68. The first-order chi connectivity index (χ1) is 15.6. The fourth-order valence-corrected chi connectivity index (χ4v) is 5.24. The summed E-state index contributed by atoms with van der Waals surface area (Å²) in [5, 5.41) is 7.93. The SMILES string of the molecule is O=C1CNC(=O)N1CCCSc1nc2nn(-c3ccccc3)c(=O)c-2c2n1CCCCC2. The van der Waals surface area contributed by atoms with Crippen LogP contribution in [0.3, 0.4) is 0 Å². The van der Waals surface area contributed by atoms with E-state index in [4.69, 9.17) is 4.98 Å². The molecule has 0 aromatic heterocycles. The number of hydrogen-bond acceptors (Lipinski definition) is 6. The third kappa shape index (κ3) is 3.79. The lowest BCUT2D eigenvalue weighted by molar-refractivity contribution is -0.124. The lowest BCUT2D eigenvalue weighted by Gasteiger charge is -2.18. The van der Waals surface area contributed by atoms with Crippen molar-refractivity contribution in [2.45, 2.75) is 43.8 Å². The quantitative estimate of drug-likeness (QED) is 0.266. The highest BCUT2D eigenvalue weighted by Crippen LogP contribution is 2.30. The molecule has 4 aliphatic heterocycles. The van der Waals surface area contributed by atoms with Crippen molar-refractivity contribution in [1.82, 2.24) is 29.5 Å². The van der Waals surface area contributed by atoms with Crippen LogP contribution < -0.4 is 10.9 Å². The minimum atomic E-state index is -0.322. The Kier molecular flexibility index (Phi) is 5.69. The Labute approximate surface area is 189 Å². The van der Waals surface area contributed by atoms with Gasteiger partial charge in [-0.3, -0.25) is 14.5 Å². The highest BCUT2D eigenvalue weighted by molar-refractivity contribution is 7.99. The lowest BCUT2D eigenvalue weighted by Crippen LogP contribution is -2.32. The van der Waals surface area contributed by atoms with Gasteiger partial charge in [-0.15, -0.1) is 5.10 Å². The average Bonchev–Trinajstić information content (AvgIpc) is 3.18. The molecule has 166 valence electrons. The van der Waals surface area contributed by atoms with Crippen LogP contribution in [0.25, 0.3) is 17.1 Å². The van der Waals surface area contributed by atoms with Gasteiger partial charge in [0.2, 0.25) is 5.91 Å². The van der Waals surface area contributed by atoms with Crippen molar-refractivity contribution in [3.05, 3.63) is 46.4 Å². The highest BCUT2D eigenvalue weighted by Gasteiger charge is 2.29. The fourth-order valence-electron chi connectivity index (χ4n) is 4.28. The molecule has 1 aromatic carbocycles. The molecule has 0 unspecified atom stereocenters. The van der Waals surface area contributed by atoms with Crippen molar-refractivity contribution in [2.75, 3.05) is 18.8 Å². The minimum absolute atomic E-state index is 0.0785. The molecule has 0 bridgehead atoms. The Morgan fingerprint density at radius 3 is 2.69 bits per heavy atom. The first-order valence-electron chi connectivity index (χ1n) is 10.9. The predicted octanol–water partition coefficient (Wildman–Crippen LogP) is 2.29. The Morgan fingerprint density at radius 1 is 1.06 bits per heavy atom. The molecule has 1 N–H and O–H groups in total. The number of carbonyl (C=O) groups is 2. The van der Waals surface area contributed by atoms with E-state index >= 15 is 0 Å². The molecule has 0 saturated carbocycles. The number of imide groups is 1. The normalized spacial score (nSPS) is 16.3. The van der Waals surface area contributed by atoms with Crippen molar-refractivity contribution in [2.24, 2.45) is 0 Å². The second-order valence-electron chi connectivity index (χ2n) is 7.96. The van der Waals surface area contributed by atoms with E-state index in [-0.39, 0.29) is 24.0 Å². The van der Waals surface area contributed by atoms with Gasteiger partial charge in [0.25, 0.3) is 5.56 Å². The van der Waals surface area contributed by atoms with Crippen LogP contribution in [-0.2, 0) is 17.8 Å². The van der Waals surface area contributed by atoms with Crippen LogP contribution in [0.5, 0.6) is 0 Å². The summed E-state index contributed by atoms with van der Waals surface area (Å²) in [4.78, 5) is 42.8. The van der Waals surface area contributed by atoms with Crippen LogP contribution in [0.2, 0.25) is 0 Å². The largest absolute Gasteiger partial charge is 0.329 e. The summed E-state index contributed by atoms with van der Waals surface area (Å²) < 4.78 is 3.61. The molecule has 4 heterocycles. The van der Waals surface area contributed by atoms with Gasteiger partial charge in [-0.05, 0) is 37.8 Å². The standard InChI is InChI=1S/C22H24N6O3S/c29-17-14-23-21(31)27(17)12-7-13-32-22-24-19-18(16-10-5-2-6-11-26(16)22)20(30)28(25-19)15-8-3-1-4-9-15/h1,3-4,8-9H,2,5-7,10-14H2,(H,23,31). The van der Waals surface area contributed by atoms with Crippen LogP contribution in [0.4, 0.5) is 4.79 Å². The molecule has 0 spiro atoms. The van der Waals surface area contributed by atoms with Crippen molar-refractivity contribution in [3.8, 4) is 17.1 Å². The number of benzene rings is 1. The first kappa shape index (κ1) is 20.7. The number of rotatable bonds is 6. The van der Waals surface area contributed by atoms with E-state index in [1.807, 2.05) is 30.3 Å². The van der Waals surface area contributed by atoms with E-state index in [0.717, 1.165) is 48.8 Å². The third-order valence-electron chi connectivity index (χ3n) is 5.86. The van der Waals surface area contributed by atoms with Gasteiger partial charge in [-0.1, -0.05) is 36.4 Å². The molecule has 0 radical (unpaired) electrons. The van der Waals surface area contributed by atoms with E-state index in [9.17, 15) is 14.4 Å². The summed E-state index contributed by atoms with van der Waals surface area (Å²) in [5.74, 6) is 0.999. The number of amides is 3. The molecule has 0 aliphatic carbocycles. The van der Waals surface area contributed by atoms with Crippen molar-refractivity contribution in [3.63, 3.8) is 0 Å². The van der Waals surface area contributed by atoms with E-state index in [0.29, 0.717) is 30.1 Å². The van der Waals surface area contributed by atoms with Gasteiger partial charge in [-0.2, -0.15) is 4.68 Å². The second kappa shape index (κ2) is 8.78. The monoisotopic (exact) mass is 452 g/mol. The number of aromatic nitrogens is 4. The van der Waals surface area contributed by atoms with Crippen LogP contribution in [0.15, 0.2) is 40.3 Å². The zero-order chi connectivity index (χ0) is 22.1. The topological polar surface area (TPSA) is 102 Å². The smallest absolute Gasteiger partial charge is 0.324 e. The summed E-state index contributed by atoms with van der Waals surface area (Å²) in [6, 6.07) is 9.09. The van der Waals surface area contributed by atoms with Gasteiger partial charge in [0.15, 0.2) is 11.0 Å². The number of fused-ring (bicyclic) bond motifs is 3. The van der Waals surface area contributed by atoms with Gasteiger partial charge >= 0.3 is 6.03 Å².